The first-order chi connectivity index (χ1) is 10.4. The van der Waals surface area contributed by atoms with Gasteiger partial charge in [-0.3, -0.25) is 4.72 Å². The van der Waals surface area contributed by atoms with Crippen molar-refractivity contribution in [1.29, 1.82) is 0 Å². The van der Waals surface area contributed by atoms with Gasteiger partial charge in [-0.1, -0.05) is 12.1 Å². The minimum absolute atomic E-state index is 0.0219. The van der Waals surface area contributed by atoms with E-state index in [9.17, 15) is 13.2 Å². The number of carboxylic acids is 1. The van der Waals surface area contributed by atoms with Gasteiger partial charge in [-0.2, -0.15) is 0 Å². The number of aromatic carboxylic acids is 1. The zero-order valence-corrected chi connectivity index (χ0v) is 12.6. The molecule has 6 nitrogen and oxygen atoms in total. The number of carboxylic acid groups (broad SMARTS) is 1. The summed E-state index contributed by atoms with van der Waals surface area (Å²) in [6, 6.07) is 11.7. The highest BCUT2D eigenvalue weighted by Crippen LogP contribution is 2.26. The van der Waals surface area contributed by atoms with Crippen molar-refractivity contribution in [1.82, 2.24) is 0 Å². The lowest BCUT2D eigenvalue weighted by atomic mass is 10.2. The molecule has 0 saturated heterocycles. The van der Waals surface area contributed by atoms with Gasteiger partial charge in [0.25, 0.3) is 10.0 Å². The van der Waals surface area contributed by atoms with Gasteiger partial charge in [-0.15, -0.1) is 0 Å². The minimum atomic E-state index is -3.82. The molecule has 0 atom stereocenters. The largest absolute Gasteiger partial charge is 0.492 e. The summed E-state index contributed by atoms with van der Waals surface area (Å²) < 4.78 is 32.5. The van der Waals surface area contributed by atoms with Crippen LogP contribution in [0.2, 0.25) is 0 Å². The van der Waals surface area contributed by atoms with E-state index in [-0.39, 0.29) is 10.5 Å². The van der Waals surface area contributed by atoms with Crippen LogP contribution in [0.4, 0.5) is 5.69 Å². The quantitative estimate of drug-likeness (QED) is 0.853. The zero-order chi connectivity index (χ0) is 16.2. The number of para-hydroxylation sites is 2. The maximum atomic E-state index is 12.3. The highest BCUT2D eigenvalue weighted by Gasteiger charge is 2.17. The molecule has 0 saturated carbocycles. The zero-order valence-electron chi connectivity index (χ0n) is 11.8. The van der Waals surface area contributed by atoms with E-state index < -0.39 is 16.0 Å². The van der Waals surface area contributed by atoms with Crippen molar-refractivity contribution in [2.45, 2.75) is 11.8 Å². The van der Waals surface area contributed by atoms with Crippen LogP contribution < -0.4 is 9.46 Å². The predicted octanol–water partition coefficient (Wildman–Crippen LogP) is 2.58. The van der Waals surface area contributed by atoms with Crippen molar-refractivity contribution in [2.24, 2.45) is 0 Å². The topological polar surface area (TPSA) is 92.7 Å². The number of ether oxygens (including phenoxy) is 1. The Kier molecular flexibility index (Phi) is 4.67. The lowest BCUT2D eigenvalue weighted by molar-refractivity contribution is 0.0696. The number of nitrogens with one attached hydrogen (secondary N) is 1. The molecule has 0 aliphatic carbocycles. The molecule has 0 bridgehead atoms. The van der Waals surface area contributed by atoms with E-state index in [1.165, 1.54) is 24.3 Å². The third-order valence-corrected chi connectivity index (χ3v) is 4.22. The molecule has 0 aliphatic rings. The first kappa shape index (κ1) is 15.8. The minimum Gasteiger partial charge on any atom is -0.492 e. The van der Waals surface area contributed by atoms with Gasteiger partial charge in [0, 0.05) is 0 Å². The van der Waals surface area contributed by atoms with Gasteiger partial charge < -0.3 is 9.84 Å². The Balaban J connectivity index is 2.30. The van der Waals surface area contributed by atoms with Gasteiger partial charge in [-0.05, 0) is 43.3 Å². The highest BCUT2D eigenvalue weighted by atomic mass is 32.2. The summed E-state index contributed by atoms with van der Waals surface area (Å²) in [4.78, 5) is 10.8. The molecular weight excluding hydrogens is 306 g/mol. The van der Waals surface area contributed by atoms with E-state index in [1.807, 2.05) is 0 Å². The van der Waals surface area contributed by atoms with E-state index in [1.54, 1.807) is 31.2 Å². The lowest BCUT2D eigenvalue weighted by Crippen LogP contribution is -2.14. The molecule has 0 aromatic heterocycles. The third-order valence-electron chi connectivity index (χ3n) is 2.84. The molecule has 2 aromatic rings. The van der Waals surface area contributed by atoms with Crippen LogP contribution in [0.15, 0.2) is 53.4 Å². The van der Waals surface area contributed by atoms with Gasteiger partial charge in [0.2, 0.25) is 0 Å². The lowest BCUT2D eigenvalue weighted by Gasteiger charge is -2.12. The summed E-state index contributed by atoms with van der Waals surface area (Å²) >= 11 is 0. The average molecular weight is 321 g/mol. The first-order valence-corrected chi connectivity index (χ1v) is 8.00. The van der Waals surface area contributed by atoms with E-state index >= 15 is 0 Å². The van der Waals surface area contributed by atoms with E-state index in [4.69, 9.17) is 9.84 Å². The smallest absolute Gasteiger partial charge is 0.335 e. The summed E-state index contributed by atoms with van der Waals surface area (Å²) in [5.74, 6) is -0.686. The molecule has 2 rings (SSSR count). The second-order valence-corrected chi connectivity index (χ2v) is 6.05. The molecule has 0 unspecified atom stereocenters. The molecule has 0 heterocycles. The molecular formula is C15H15NO5S. The molecule has 0 radical (unpaired) electrons. The number of hydrogen-bond donors (Lipinski definition) is 2. The first-order valence-electron chi connectivity index (χ1n) is 6.52. The summed E-state index contributed by atoms with van der Waals surface area (Å²) in [7, 11) is -3.82. The number of hydrogen-bond acceptors (Lipinski definition) is 4. The van der Waals surface area contributed by atoms with E-state index in [0.29, 0.717) is 18.0 Å². The summed E-state index contributed by atoms with van der Waals surface area (Å²) in [5.41, 5.74) is 0.348. The molecule has 116 valence electrons. The maximum absolute atomic E-state index is 12.3. The Bertz CT molecular complexity index is 769. The Morgan fingerprint density at radius 3 is 2.36 bits per heavy atom. The second-order valence-electron chi connectivity index (χ2n) is 4.36. The predicted molar refractivity (Wildman–Crippen MR) is 81.8 cm³/mol. The number of carbonyl (C=O) groups is 1. The fourth-order valence-electron chi connectivity index (χ4n) is 1.81. The summed E-state index contributed by atoms with van der Waals surface area (Å²) in [6.07, 6.45) is 0. The Hall–Kier alpha value is -2.54. The molecule has 22 heavy (non-hydrogen) atoms. The van der Waals surface area contributed by atoms with Crippen molar-refractivity contribution in [3.63, 3.8) is 0 Å². The third kappa shape index (κ3) is 3.56. The van der Waals surface area contributed by atoms with Crippen LogP contribution in [0, 0.1) is 0 Å². The molecule has 0 amide bonds. The Labute approximate surface area is 128 Å². The molecule has 0 aliphatic heterocycles. The van der Waals surface area contributed by atoms with Crippen LogP contribution in [0.3, 0.4) is 0 Å². The van der Waals surface area contributed by atoms with Gasteiger partial charge in [-0.25, -0.2) is 13.2 Å². The number of sulfonamides is 1. The van der Waals surface area contributed by atoms with Crippen LogP contribution in [0.25, 0.3) is 0 Å². The van der Waals surface area contributed by atoms with Crippen molar-refractivity contribution >= 4 is 21.7 Å². The molecule has 0 spiro atoms. The van der Waals surface area contributed by atoms with Crippen LogP contribution in [-0.2, 0) is 10.0 Å². The van der Waals surface area contributed by atoms with Crippen LogP contribution in [0.1, 0.15) is 17.3 Å². The van der Waals surface area contributed by atoms with E-state index in [0.717, 1.165) is 0 Å². The monoisotopic (exact) mass is 321 g/mol. The van der Waals surface area contributed by atoms with Crippen molar-refractivity contribution in [3.05, 3.63) is 54.1 Å². The Morgan fingerprint density at radius 1 is 1.14 bits per heavy atom. The number of rotatable bonds is 6. The fraction of sp³-hybridized carbons (Fsp3) is 0.133. The van der Waals surface area contributed by atoms with Gasteiger partial charge in [0.1, 0.15) is 5.75 Å². The van der Waals surface area contributed by atoms with E-state index in [2.05, 4.69) is 4.72 Å². The molecule has 0 fully saturated rings. The van der Waals surface area contributed by atoms with Crippen LogP contribution >= 0.6 is 0 Å². The molecule has 7 heteroatoms. The average Bonchev–Trinajstić information content (AvgIpc) is 2.49. The van der Waals surface area contributed by atoms with Crippen molar-refractivity contribution in [3.8, 4) is 5.75 Å². The van der Waals surface area contributed by atoms with Gasteiger partial charge in [0.15, 0.2) is 0 Å². The fourth-order valence-corrected chi connectivity index (χ4v) is 2.88. The highest BCUT2D eigenvalue weighted by molar-refractivity contribution is 7.92. The van der Waals surface area contributed by atoms with Crippen LogP contribution in [-0.4, -0.2) is 26.1 Å². The normalized spacial score (nSPS) is 11.0. The SMILES string of the molecule is CCOc1ccccc1NS(=O)(=O)c1ccc(C(=O)O)cc1. The summed E-state index contributed by atoms with van der Waals surface area (Å²) in [6.45, 7) is 2.21. The number of anilines is 1. The van der Waals surface area contributed by atoms with Crippen molar-refractivity contribution < 1.29 is 23.1 Å². The summed E-state index contributed by atoms with van der Waals surface area (Å²) in [5, 5.41) is 8.83. The maximum Gasteiger partial charge on any atom is 0.335 e. The standard InChI is InChI=1S/C15H15NO5S/c1-2-21-14-6-4-3-5-13(14)16-22(19,20)12-9-7-11(8-10-12)15(17)18/h3-10,16H,2H2,1H3,(H,17,18). The van der Waals surface area contributed by atoms with Gasteiger partial charge >= 0.3 is 5.97 Å². The second kappa shape index (κ2) is 6.48. The molecule has 2 aromatic carbocycles. The Morgan fingerprint density at radius 2 is 1.77 bits per heavy atom. The van der Waals surface area contributed by atoms with Crippen LogP contribution in [0.5, 0.6) is 5.75 Å². The molecule has 2 N–H and O–H groups in total. The number of benzene rings is 2. The van der Waals surface area contributed by atoms with Crippen molar-refractivity contribution in [2.75, 3.05) is 11.3 Å². The van der Waals surface area contributed by atoms with Gasteiger partial charge in [0.05, 0.1) is 22.8 Å².